The summed E-state index contributed by atoms with van der Waals surface area (Å²) in [6, 6.07) is 4.10. The molecule has 2 rings (SSSR count). The van der Waals surface area contributed by atoms with Gasteiger partial charge in [0.25, 0.3) is 0 Å². The van der Waals surface area contributed by atoms with Crippen LogP contribution in [-0.4, -0.2) is 11.1 Å². The number of aromatic carboxylic acids is 1. The van der Waals surface area contributed by atoms with Crippen LogP contribution in [0, 0.1) is 6.92 Å². The lowest BCUT2D eigenvalue weighted by molar-refractivity contribution is -0.268. The maximum atomic E-state index is 11.0. The molecule has 72 valence electrons. The summed E-state index contributed by atoms with van der Waals surface area (Å²) in [6.45, 7) is 1.56. The van der Waals surface area contributed by atoms with Crippen molar-refractivity contribution in [3.05, 3.63) is 29.5 Å². The van der Waals surface area contributed by atoms with Gasteiger partial charge in [0.1, 0.15) is 16.9 Å². The number of aryl methyl sites for hydroxylation is 1. The molecule has 1 N–H and O–H groups in total. The summed E-state index contributed by atoms with van der Waals surface area (Å²) in [6.07, 6.45) is 0. The SMILES string of the molecule is Cc1oc2ccc([O-])cc2c1C(=O)O. The first-order chi connectivity index (χ1) is 6.59. The molecule has 0 atom stereocenters. The van der Waals surface area contributed by atoms with E-state index in [-0.39, 0.29) is 11.3 Å². The lowest BCUT2D eigenvalue weighted by Gasteiger charge is -2.02. The molecule has 0 aliphatic heterocycles. The summed E-state index contributed by atoms with van der Waals surface area (Å²) in [4.78, 5) is 10.8. The van der Waals surface area contributed by atoms with Gasteiger partial charge in [0, 0.05) is 5.39 Å². The second-order valence-corrected chi connectivity index (χ2v) is 3.00. The third kappa shape index (κ3) is 1.12. The summed E-state index contributed by atoms with van der Waals surface area (Å²) in [5, 5.41) is 20.3. The lowest BCUT2D eigenvalue weighted by Crippen LogP contribution is -1.97. The molecule has 0 fully saturated rings. The predicted octanol–water partition coefficient (Wildman–Crippen LogP) is 1.51. The van der Waals surface area contributed by atoms with Crippen molar-refractivity contribution < 1.29 is 19.4 Å². The van der Waals surface area contributed by atoms with Gasteiger partial charge >= 0.3 is 5.97 Å². The number of furan rings is 1. The number of hydrogen-bond donors (Lipinski definition) is 1. The molecule has 1 aromatic heterocycles. The minimum Gasteiger partial charge on any atom is -0.872 e. The fourth-order valence-electron chi connectivity index (χ4n) is 1.46. The minimum absolute atomic E-state index is 0.0673. The van der Waals surface area contributed by atoms with Crippen molar-refractivity contribution in [2.24, 2.45) is 0 Å². The van der Waals surface area contributed by atoms with E-state index in [0.717, 1.165) is 0 Å². The van der Waals surface area contributed by atoms with Crippen LogP contribution in [0.25, 0.3) is 11.0 Å². The van der Waals surface area contributed by atoms with E-state index in [9.17, 15) is 9.90 Å². The largest absolute Gasteiger partial charge is 0.872 e. The van der Waals surface area contributed by atoms with Crippen molar-refractivity contribution >= 4 is 16.9 Å². The zero-order valence-corrected chi connectivity index (χ0v) is 7.40. The van der Waals surface area contributed by atoms with Gasteiger partial charge < -0.3 is 14.6 Å². The Kier molecular flexibility index (Phi) is 1.70. The van der Waals surface area contributed by atoms with Crippen LogP contribution in [0.2, 0.25) is 0 Å². The maximum Gasteiger partial charge on any atom is 0.339 e. The van der Waals surface area contributed by atoms with Gasteiger partial charge in [0.05, 0.1) is 0 Å². The topological polar surface area (TPSA) is 73.5 Å². The molecular weight excluding hydrogens is 184 g/mol. The van der Waals surface area contributed by atoms with Crippen molar-refractivity contribution in [3.8, 4) is 5.75 Å². The standard InChI is InChI=1S/C10H8O4/c1-5-9(10(12)13)7-4-6(11)2-3-8(7)14-5/h2-4,11H,1H3,(H,12,13)/p-1. The molecule has 0 saturated carbocycles. The van der Waals surface area contributed by atoms with E-state index in [1.807, 2.05) is 0 Å². The van der Waals surface area contributed by atoms with Gasteiger partial charge in [-0.15, -0.1) is 5.75 Å². The maximum absolute atomic E-state index is 11.0. The number of carboxylic acids is 1. The zero-order valence-electron chi connectivity index (χ0n) is 7.40. The van der Waals surface area contributed by atoms with Crippen LogP contribution >= 0.6 is 0 Å². The first-order valence-electron chi connectivity index (χ1n) is 4.03. The van der Waals surface area contributed by atoms with E-state index in [0.29, 0.717) is 16.7 Å². The molecule has 4 nitrogen and oxygen atoms in total. The highest BCUT2D eigenvalue weighted by molar-refractivity contribution is 6.03. The summed E-state index contributed by atoms with van der Waals surface area (Å²) in [7, 11) is 0. The molecule has 0 saturated heterocycles. The summed E-state index contributed by atoms with van der Waals surface area (Å²) in [5.41, 5.74) is 0.497. The Morgan fingerprint density at radius 2 is 2.21 bits per heavy atom. The average molecular weight is 191 g/mol. The van der Waals surface area contributed by atoms with Crippen LogP contribution in [0.3, 0.4) is 0 Å². The van der Waals surface area contributed by atoms with Gasteiger partial charge in [0.15, 0.2) is 0 Å². The van der Waals surface area contributed by atoms with E-state index in [1.165, 1.54) is 18.2 Å². The molecule has 2 aromatic rings. The molecular formula is C10H7O4-. The third-order valence-electron chi connectivity index (χ3n) is 2.05. The molecule has 1 aromatic carbocycles. The van der Waals surface area contributed by atoms with Crippen LogP contribution in [-0.2, 0) is 0 Å². The highest BCUT2D eigenvalue weighted by atomic mass is 16.4. The summed E-state index contributed by atoms with van der Waals surface area (Å²) in [5.74, 6) is -0.981. The lowest BCUT2D eigenvalue weighted by atomic mass is 10.1. The van der Waals surface area contributed by atoms with Gasteiger partial charge in [0.2, 0.25) is 0 Å². The van der Waals surface area contributed by atoms with Gasteiger partial charge in [-0.25, -0.2) is 4.79 Å². The second-order valence-electron chi connectivity index (χ2n) is 3.00. The van der Waals surface area contributed by atoms with Crippen LogP contribution in [0.4, 0.5) is 0 Å². The second kappa shape index (κ2) is 2.77. The van der Waals surface area contributed by atoms with Crippen molar-refractivity contribution in [1.82, 2.24) is 0 Å². The highest BCUT2D eigenvalue weighted by Crippen LogP contribution is 2.27. The third-order valence-corrected chi connectivity index (χ3v) is 2.05. The van der Waals surface area contributed by atoms with E-state index < -0.39 is 5.97 Å². The first kappa shape index (κ1) is 8.62. The Hall–Kier alpha value is -1.97. The highest BCUT2D eigenvalue weighted by Gasteiger charge is 2.16. The molecule has 0 radical (unpaired) electrons. The van der Waals surface area contributed by atoms with Crippen LogP contribution < -0.4 is 5.11 Å². The van der Waals surface area contributed by atoms with Crippen LogP contribution in [0.15, 0.2) is 22.6 Å². The number of carbonyl (C=O) groups is 1. The molecule has 0 spiro atoms. The minimum atomic E-state index is -1.08. The Labute approximate surface area is 79.4 Å². The van der Waals surface area contributed by atoms with Crippen molar-refractivity contribution in [3.63, 3.8) is 0 Å². The fourth-order valence-corrected chi connectivity index (χ4v) is 1.46. The van der Waals surface area contributed by atoms with Gasteiger partial charge in [-0.05, 0) is 13.0 Å². The fraction of sp³-hybridized carbons (Fsp3) is 0.100. The van der Waals surface area contributed by atoms with E-state index in [4.69, 9.17) is 9.52 Å². The summed E-state index contributed by atoms with van der Waals surface area (Å²) < 4.78 is 5.20. The molecule has 0 amide bonds. The first-order valence-corrected chi connectivity index (χ1v) is 4.03. The van der Waals surface area contributed by atoms with Crippen molar-refractivity contribution in [2.45, 2.75) is 6.92 Å². The normalized spacial score (nSPS) is 10.6. The molecule has 0 bridgehead atoms. The Morgan fingerprint density at radius 1 is 1.50 bits per heavy atom. The zero-order chi connectivity index (χ0) is 10.3. The van der Waals surface area contributed by atoms with E-state index in [1.54, 1.807) is 6.92 Å². The molecule has 4 heteroatoms. The number of fused-ring (bicyclic) bond motifs is 1. The summed E-state index contributed by atoms with van der Waals surface area (Å²) >= 11 is 0. The average Bonchev–Trinajstić information content (AvgIpc) is 2.40. The number of benzene rings is 1. The van der Waals surface area contributed by atoms with Gasteiger partial charge in [-0.3, -0.25) is 0 Å². The predicted molar refractivity (Wildman–Crippen MR) is 47.4 cm³/mol. The Morgan fingerprint density at radius 3 is 2.86 bits per heavy atom. The quantitative estimate of drug-likeness (QED) is 0.741. The number of hydrogen-bond acceptors (Lipinski definition) is 3. The van der Waals surface area contributed by atoms with Crippen LogP contribution in [0.5, 0.6) is 5.75 Å². The molecule has 1 heterocycles. The van der Waals surface area contributed by atoms with Crippen LogP contribution in [0.1, 0.15) is 16.1 Å². The monoisotopic (exact) mass is 191 g/mol. The molecule has 0 aliphatic carbocycles. The van der Waals surface area contributed by atoms with Crippen molar-refractivity contribution in [1.29, 1.82) is 0 Å². The smallest absolute Gasteiger partial charge is 0.339 e. The van der Waals surface area contributed by atoms with E-state index in [2.05, 4.69) is 0 Å². The number of carboxylic acid groups (broad SMARTS) is 1. The molecule has 0 aliphatic rings. The Balaban J connectivity index is 2.86. The Bertz CT molecular complexity index is 510. The van der Waals surface area contributed by atoms with Crippen molar-refractivity contribution in [2.75, 3.05) is 0 Å². The molecule has 14 heavy (non-hydrogen) atoms. The van der Waals surface area contributed by atoms with Gasteiger partial charge in [-0.1, -0.05) is 12.1 Å². The number of rotatable bonds is 1. The van der Waals surface area contributed by atoms with E-state index >= 15 is 0 Å². The van der Waals surface area contributed by atoms with Gasteiger partial charge in [-0.2, -0.15) is 0 Å². The molecule has 0 unspecified atom stereocenters.